The summed E-state index contributed by atoms with van der Waals surface area (Å²) in [6, 6.07) is 12.0. The molecule has 1 atom stereocenters. The van der Waals surface area contributed by atoms with E-state index in [1.165, 1.54) is 0 Å². The Morgan fingerprint density at radius 3 is 2.77 bits per heavy atom. The molecule has 0 aliphatic heterocycles. The average molecular weight is 296 g/mol. The Bertz CT molecular complexity index is 806. The van der Waals surface area contributed by atoms with Crippen LogP contribution in [-0.4, -0.2) is 21.6 Å². The second-order valence-electron chi connectivity index (χ2n) is 5.54. The fraction of sp³-hybridized carbons (Fsp3) is 0.278. The van der Waals surface area contributed by atoms with Crippen molar-refractivity contribution in [1.29, 1.82) is 0 Å². The summed E-state index contributed by atoms with van der Waals surface area (Å²) < 4.78 is 7.37. The van der Waals surface area contributed by atoms with Crippen LogP contribution >= 0.6 is 0 Å². The monoisotopic (exact) mass is 296 g/mol. The molecule has 1 unspecified atom stereocenters. The lowest BCUT2D eigenvalue weighted by molar-refractivity contribution is 0.192. The van der Waals surface area contributed by atoms with Gasteiger partial charge in [0.25, 0.3) is 0 Å². The van der Waals surface area contributed by atoms with E-state index in [4.69, 9.17) is 9.72 Å². The van der Waals surface area contributed by atoms with E-state index in [-0.39, 0.29) is 0 Å². The summed E-state index contributed by atoms with van der Waals surface area (Å²) >= 11 is 0. The first-order valence-corrected chi connectivity index (χ1v) is 7.37. The average Bonchev–Trinajstić information content (AvgIpc) is 2.84. The number of ether oxygens (including phenoxy) is 1. The van der Waals surface area contributed by atoms with Gasteiger partial charge >= 0.3 is 0 Å². The number of methoxy groups -OCH3 is 1. The summed E-state index contributed by atoms with van der Waals surface area (Å²) in [5, 5.41) is 10.2. The number of benzene rings is 1. The summed E-state index contributed by atoms with van der Waals surface area (Å²) in [6.45, 7) is 3.81. The number of para-hydroxylation sites is 1. The van der Waals surface area contributed by atoms with Crippen LogP contribution in [0.5, 0.6) is 5.75 Å². The van der Waals surface area contributed by atoms with Crippen molar-refractivity contribution < 1.29 is 9.84 Å². The molecule has 0 fully saturated rings. The highest BCUT2D eigenvalue weighted by Crippen LogP contribution is 2.26. The molecule has 3 rings (SSSR count). The van der Waals surface area contributed by atoms with Crippen LogP contribution in [0.4, 0.5) is 0 Å². The molecule has 0 saturated carbocycles. The minimum Gasteiger partial charge on any atom is -0.496 e. The number of hydrogen-bond donors (Lipinski definition) is 1. The molecule has 0 radical (unpaired) electrons. The Morgan fingerprint density at radius 1 is 1.27 bits per heavy atom. The van der Waals surface area contributed by atoms with Crippen molar-refractivity contribution >= 4 is 5.65 Å². The van der Waals surface area contributed by atoms with Crippen molar-refractivity contribution in [2.24, 2.45) is 0 Å². The van der Waals surface area contributed by atoms with Crippen LogP contribution in [0.2, 0.25) is 0 Å². The number of aliphatic hydroxyl groups excluding tert-OH is 1. The van der Waals surface area contributed by atoms with Crippen LogP contribution in [0, 0.1) is 6.92 Å². The zero-order valence-corrected chi connectivity index (χ0v) is 13.1. The molecule has 0 aliphatic rings. The lowest BCUT2D eigenvalue weighted by atomic mass is 10.1. The second-order valence-corrected chi connectivity index (χ2v) is 5.54. The van der Waals surface area contributed by atoms with Crippen LogP contribution in [0.25, 0.3) is 5.65 Å². The van der Waals surface area contributed by atoms with E-state index in [1.54, 1.807) is 14.0 Å². The SMILES string of the molecule is COc1ccccc1Cc1nc2cc(C)ccn2c1C(C)O. The largest absolute Gasteiger partial charge is 0.496 e. The molecule has 0 spiro atoms. The summed E-state index contributed by atoms with van der Waals surface area (Å²) in [5.74, 6) is 0.840. The standard InChI is InChI=1S/C18H20N2O2/c1-12-8-9-20-17(10-12)19-15(18(20)13(2)21)11-14-6-4-5-7-16(14)22-3/h4-10,13,21H,11H2,1-3H3. The maximum Gasteiger partial charge on any atom is 0.137 e. The fourth-order valence-corrected chi connectivity index (χ4v) is 2.82. The summed E-state index contributed by atoms with van der Waals surface area (Å²) in [5.41, 5.74) is 4.79. The third-order valence-electron chi connectivity index (χ3n) is 3.84. The number of hydrogen-bond acceptors (Lipinski definition) is 3. The van der Waals surface area contributed by atoms with Gasteiger partial charge < -0.3 is 14.2 Å². The normalized spacial score (nSPS) is 12.5. The third-order valence-corrected chi connectivity index (χ3v) is 3.84. The maximum atomic E-state index is 10.2. The maximum absolute atomic E-state index is 10.2. The number of fused-ring (bicyclic) bond motifs is 1. The van der Waals surface area contributed by atoms with E-state index < -0.39 is 6.10 Å². The summed E-state index contributed by atoms with van der Waals surface area (Å²) in [6.07, 6.45) is 2.01. The fourth-order valence-electron chi connectivity index (χ4n) is 2.82. The minimum atomic E-state index is -0.581. The molecule has 2 heterocycles. The van der Waals surface area contributed by atoms with E-state index in [1.807, 2.05) is 53.9 Å². The van der Waals surface area contributed by atoms with Crippen molar-refractivity contribution in [2.45, 2.75) is 26.4 Å². The smallest absolute Gasteiger partial charge is 0.137 e. The predicted octanol–water partition coefficient (Wildman–Crippen LogP) is 3.30. The Labute approximate surface area is 130 Å². The molecule has 4 heteroatoms. The van der Waals surface area contributed by atoms with Gasteiger partial charge in [-0.3, -0.25) is 0 Å². The van der Waals surface area contributed by atoms with Crippen molar-refractivity contribution in [3.63, 3.8) is 0 Å². The van der Waals surface area contributed by atoms with E-state index >= 15 is 0 Å². The molecule has 1 aromatic carbocycles. The molecule has 0 saturated heterocycles. The Morgan fingerprint density at radius 2 is 2.05 bits per heavy atom. The van der Waals surface area contributed by atoms with Crippen LogP contribution in [0.1, 0.15) is 35.5 Å². The van der Waals surface area contributed by atoms with E-state index in [2.05, 4.69) is 0 Å². The highest BCUT2D eigenvalue weighted by atomic mass is 16.5. The van der Waals surface area contributed by atoms with E-state index in [0.717, 1.165) is 33.9 Å². The van der Waals surface area contributed by atoms with Gasteiger partial charge in [0, 0.05) is 18.2 Å². The predicted molar refractivity (Wildman–Crippen MR) is 86.4 cm³/mol. The van der Waals surface area contributed by atoms with E-state index in [9.17, 15) is 5.11 Å². The number of aryl methyl sites for hydroxylation is 1. The van der Waals surface area contributed by atoms with Crippen molar-refractivity contribution in [3.8, 4) is 5.75 Å². The number of rotatable bonds is 4. The van der Waals surface area contributed by atoms with Crippen LogP contribution in [-0.2, 0) is 6.42 Å². The lowest BCUT2D eigenvalue weighted by Gasteiger charge is -2.10. The highest BCUT2D eigenvalue weighted by molar-refractivity contribution is 5.48. The zero-order chi connectivity index (χ0) is 15.7. The Balaban J connectivity index is 2.12. The first kappa shape index (κ1) is 14.6. The molecule has 4 nitrogen and oxygen atoms in total. The molecule has 114 valence electrons. The number of pyridine rings is 1. The third kappa shape index (κ3) is 2.57. The molecule has 1 N–H and O–H groups in total. The number of nitrogens with zero attached hydrogens (tertiary/aromatic N) is 2. The summed E-state index contributed by atoms with van der Waals surface area (Å²) in [7, 11) is 1.67. The second kappa shape index (κ2) is 5.81. The number of aromatic nitrogens is 2. The molecule has 0 bridgehead atoms. The summed E-state index contributed by atoms with van der Waals surface area (Å²) in [4.78, 5) is 4.71. The van der Waals surface area contributed by atoms with Gasteiger partial charge in [0.15, 0.2) is 0 Å². The first-order chi connectivity index (χ1) is 10.6. The van der Waals surface area contributed by atoms with E-state index in [0.29, 0.717) is 6.42 Å². The van der Waals surface area contributed by atoms with Gasteiger partial charge in [-0.25, -0.2) is 4.98 Å². The van der Waals surface area contributed by atoms with Gasteiger partial charge in [-0.2, -0.15) is 0 Å². The molecular formula is C18H20N2O2. The van der Waals surface area contributed by atoms with Crippen LogP contribution < -0.4 is 4.74 Å². The van der Waals surface area contributed by atoms with Gasteiger partial charge in [0.2, 0.25) is 0 Å². The van der Waals surface area contributed by atoms with Crippen molar-refractivity contribution in [3.05, 3.63) is 65.1 Å². The highest BCUT2D eigenvalue weighted by Gasteiger charge is 2.18. The molecule has 22 heavy (non-hydrogen) atoms. The topological polar surface area (TPSA) is 46.8 Å². The van der Waals surface area contributed by atoms with Gasteiger partial charge in [-0.05, 0) is 37.6 Å². The molecule has 3 aromatic rings. The molecule has 0 amide bonds. The van der Waals surface area contributed by atoms with Gasteiger partial charge in [-0.1, -0.05) is 18.2 Å². The quantitative estimate of drug-likeness (QED) is 0.803. The van der Waals surface area contributed by atoms with Crippen molar-refractivity contribution in [1.82, 2.24) is 9.38 Å². The number of imidazole rings is 1. The van der Waals surface area contributed by atoms with Crippen LogP contribution in [0.15, 0.2) is 42.6 Å². The van der Waals surface area contributed by atoms with Gasteiger partial charge in [0.1, 0.15) is 11.4 Å². The zero-order valence-electron chi connectivity index (χ0n) is 13.1. The molecule has 0 aliphatic carbocycles. The Kier molecular flexibility index (Phi) is 3.86. The molecule has 2 aromatic heterocycles. The molecular weight excluding hydrogens is 276 g/mol. The minimum absolute atomic E-state index is 0.581. The van der Waals surface area contributed by atoms with Gasteiger partial charge in [-0.15, -0.1) is 0 Å². The lowest BCUT2D eigenvalue weighted by Crippen LogP contribution is -2.03. The Hall–Kier alpha value is -2.33. The van der Waals surface area contributed by atoms with Gasteiger partial charge in [0.05, 0.1) is 24.6 Å². The van der Waals surface area contributed by atoms with Crippen LogP contribution in [0.3, 0.4) is 0 Å². The number of aliphatic hydroxyl groups is 1. The first-order valence-electron chi connectivity index (χ1n) is 7.37. The van der Waals surface area contributed by atoms with Crippen molar-refractivity contribution in [2.75, 3.05) is 7.11 Å².